The quantitative estimate of drug-likeness (QED) is 0.302. The highest BCUT2D eigenvalue weighted by Crippen LogP contribution is 2.40. The summed E-state index contributed by atoms with van der Waals surface area (Å²) in [6.45, 7) is 2.21. The molecule has 0 amide bonds. The topological polar surface area (TPSA) is 43.4 Å². The molecule has 1 heterocycles. The maximum atomic E-state index is 12.2. The number of hydrogen-bond acceptors (Lipinski definition) is 3. The second-order valence-corrected chi connectivity index (χ2v) is 7.87. The smallest absolute Gasteiger partial charge is 0.306 e. The van der Waals surface area contributed by atoms with Gasteiger partial charge in [0, 0.05) is 25.2 Å². The van der Waals surface area contributed by atoms with Crippen molar-refractivity contribution in [2.24, 2.45) is 11.8 Å². The summed E-state index contributed by atoms with van der Waals surface area (Å²) in [5, 5.41) is 0. The Kier molecular flexibility index (Phi) is 9.28. The molecule has 2 rings (SSSR count). The Balaban J connectivity index is 1.74. The Bertz CT molecular complexity index is 441. The maximum absolute atomic E-state index is 12.2. The van der Waals surface area contributed by atoms with Crippen LogP contribution in [0.25, 0.3) is 0 Å². The van der Waals surface area contributed by atoms with Crippen LogP contribution in [0, 0.1) is 11.8 Å². The number of esters is 1. The second kappa shape index (κ2) is 11.5. The van der Waals surface area contributed by atoms with Gasteiger partial charge in [-0.1, -0.05) is 44.8 Å². The fraction of sp³-hybridized carbons (Fsp3) is 0.818. The maximum Gasteiger partial charge on any atom is 0.306 e. The monoisotopic (exact) mass is 348 g/mol. The van der Waals surface area contributed by atoms with Gasteiger partial charge in [-0.2, -0.15) is 0 Å². The molecule has 1 aliphatic heterocycles. The number of carbonyl (C=O) groups excluding carboxylic acids is 2. The van der Waals surface area contributed by atoms with Crippen LogP contribution in [0.1, 0.15) is 96.8 Å². The molecule has 2 aliphatic rings. The standard InChI is InChI=1S/C22H36O3/c1-2-3-4-5-8-11-19(23)16-14-18-15-17-21-20(18)12-9-6-7-10-13-22(24)25-21/h6,9,18,20-21H,2-5,7-8,10-17H2,1H3/b9-6-/t18-,20+,21-/m0/s1. The normalized spacial score (nSPS) is 28.2. The van der Waals surface area contributed by atoms with Crippen LogP contribution in [0.4, 0.5) is 0 Å². The van der Waals surface area contributed by atoms with E-state index in [0.29, 0.717) is 30.5 Å². The highest BCUT2D eigenvalue weighted by molar-refractivity contribution is 5.78. The van der Waals surface area contributed by atoms with Gasteiger partial charge < -0.3 is 4.74 Å². The first kappa shape index (κ1) is 20.2. The molecule has 1 fully saturated rings. The van der Waals surface area contributed by atoms with Gasteiger partial charge in [0.05, 0.1) is 0 Å². The summed E-state index contributed by atoms with van der Waals surface area (Å²) in [5.41, 5.74) is 0. The number of allylic oxidation sites excluding steroid dienone is 2. The van der Waals surface area contributed by atoms with Crippen LogP contribution in [0.2, 0.25) is 0 Å². The Morgan fingerprint density at radius 3 is 2.80 bits per heavy atom. The van der Waals surface area contributed by atoms with Crippen molar-refractivity contribution in [3.05, 3.63) is 12.2 Å². The Hall–Kier alpha value is -1.12. The summed E-state index contributed by atoms with van der Waals surface area (Å²) in [4.78, 5) is 24.1. The molecule has 25 heavy (non-hydrogen) atoms. The van der Waals surface area contributed by atoms with Crippen molar-refractivity contribution in [2.75, 3.05) is 0 Å². The molecule has 0 N–H and O–H groups in total. The Morgan fingerprint density at radius 2 is 1.96 bits per heavy atom. The molecule has 3 atom stereocenters. The minimum Gasteiger partial charge on any atom is -0.462 e. The van der Waals surface area contributed by atoms with Crippen LogP contribution in [0.5, 0.6) is 0 Å². The van der Waals surface area contributed by atoms with Gasteiger partial charge in [-0.15, -0.1) is 0 Å². The average Bonchev–Trinajstić information content (AvgIpc) is 2.98. The van der Waals surface area contributed by atoms with E-state index in [0.717, 1.165) is 51.4 Å². The van der Waals surface area contributed by atoms with Crippen LogP contribution in [-0.2, 0) is 14.3 Å². The van der Waals surface area contributed by atoms with Crippen molar-refractivity contribution in [1.29, 1.82) is 0 Å². The fourth-order valence-electron chi connectivity index (χ4n) is 4.32. The molecule has 142 valence electrons. The molecule has 3 heteroatoms. The summed E-state index contributed by atoms with van der Waals surface area (Å²) in [6, 6.07) is 0. The number of Topliss-reactive ketones (excluding diaryl/α,β-unsaturated/α-hetero) is 1. The molecule has 3 nitrogen and oxygen atoms in total. The lowest BCUT2D eigenvalue weighted by Gasteiger charge is -2.24. The number of ether oxygens (including phenoxy) is 1. The van der Waals surface area contributed by atoms with Crippen molar-refractivity contribution in [1.82, 2.24) is 0 Å². The summed E-state index contributed by atoms with van der Waals surface area (Å²) < 4.78 is 5.73. The van der Waals surface area contributed by atoms with E-state index in [1.807, 2.05) is 0 Å². The largest absolute Gasteiger partial charge is 0.462 e. The summed E-state index contributed by atoms with van der Waals surface area (Å²) >= 11 is 0. The van der Waals surface area contributed by atoms with Gasteiger partial charge in [0.15, 0.2) is 0 Å². The number of fused-ring (bicyclic) bond motifs is 1. The number of unbranched alkanes of at least 4 members (excludes halogenated alkanes) is 4. The van der Waals surface area contributed by atoms with Gasteiger partial charge in [-0.05, 0) is 50.9 Å². The summed E-state index contributed by atoms with van der Waals surface area (Å²) in [7, 11) is 0. The first-order valence-corrected chi connectivity index (χ1v) is 10.6. The van der Waals surface area contributed by atoms with E-state index in [4.69, 9.17) is 4.74 Å². The van der Waals surface area contributed by atoms with E-state index in [2.05, 4.69) is 19.1 Å². The molecule has 0 unspecified atom stereocenters. The van der Waals surface area contributed by atoms with E-state index in [1.165, 1.54) is 25.7 Å². The minimum absolute atomic E-state index is 0.0332. The predicted octanol–water partition coefficient (Wildman–Crippen LogP) is 5.76. The zero-order chi connectivity index (χ0) is 17.9. The molecule has 0 saturated heterocycles. The Labute approximate surface area is 153 Å². The molecular weight excluding hydrogens is 312 g/mol. The molecule has 1 aliphatic carbocycles. The zero-order valence-corrected chi connectivity index (χ0v) is 16.0. The van der Waals surface area contributed by atoms with Crippen molar-refractivity contribution < 1.29 is 14.3 Å². The van der Waals surface area contributed by atoms with E-state index in [9.17, 15) is 9.59 Å². The van der Waals surface area contributed by atoms with Crippen LogP contribution < -0.4 is 0 Å². The van der Waals surface area contributed by atoms with Gasteiger partial charge in [0.1, 0.15) is 11.9 Å². The number of ketones is 1. The molecule has 0 aromatic heterocycles. The van der Waals surface area contributed by atoms with Crippen molar-refractivity contribution >= 4 is 11.8 Å². The summed E-state index contributed by atoms with van der Waals surface area (Å²) in [5.74, 6) is 1.34. The first-order chi connectivity index (χ1) is 12.2. The molecular formula is C22H36O3. The minimum atomic E-state index is -0.0332. The highest BCUT2D eigenvalue weighted by Gasteiger charge is 2.37. The van der Waals surface area contributed by atoms with E-state index >= 15 is 0 Å². The van der Waals surface area contributed by atoms with Crippen LogP contribution in [0.3, 0.4) is 0 Å². The third-order valence-electron chi connectivity index (χ3n) is 5.87. The number of rotatable bonds is 9. The lowest BCUT2D eigenvalue weighted by Crippen LogP contribution is -2.25. The lowest BCUT2D eigenvalue weighted by atomic mass is 9.86. The van der Waals surface area contributed by atoms with Crippen LogP contribution in [-0.4, -0.2) is 17.9 Å². The van der Waals surface area contributed by atoms with E-state index in [1.54, 1.807) is 0 Å². The summed E-state index contributed by atoms with van der Waals surface area (Å²) in [6.07, 6.45) is 18.5. The van der Waals surface area contributed by atoms with Gasteiger partial charge in [0.2, 0.25) is 0 Å². The van der Waals surface area contributed by atoms with Gasteiger partial charge in [-0.3, -0.25) is 9.59 Å². The first-order valence-electron chi connectivity index (χ1n) is 10.6. The molecule has 0 aromatic rings. The number of hydrogen-bond donors (Lipinski definition) is 0. The van der Waals surface area contributed by atoms with Crippen LogP contribution in [0.15, 0.2) is 12.2 Å². The average molecular weight is 349 g/mol. The van der Waals surface area contributed by atoms with Gasteiger partial charge >= 0.3 is 5.97 Å². The highest BCUT2D eigenvalue weighted by atomic mass is 16.5. The molecule has 1 saturated carbocycles. The van der Waals surface area contributed by atoms with Crippen molar-refractivity contribution in [2.45, 2.75) is 103 Å². The SMILES string of the molecule is CCCCCCCC(=O)CC[C@H]1CC[C@@H]2OC(=O)CCC/C=C\C[C@H]12. The van der Waals surface area contributed by atoms with Crippen molar-refractivity contribution in [3.8, 4) is 0 Å². The number of carbonyl (C=O) groups is 2. The van der Waals surface area contributed by atoms with Gasteiger partial charge in [-0.25, -0.2) is 0 Å². The third kappa shape index (κ3) is 7.33. The Morgan fingerprint density at radius 1 is 1.12 bits per heavy atom. The molecule has 0 spiro atoms. The second-order valence-electron chi connectivity index (χ2n) is 7.87. The van der Waals surface area contributed by atoms with Gasteiger partial charge in [0.25, 0.3) is 0 Å². The van der Waals surface area contributed by atoms with Crippen LogP contribution >= 0.6 is 0 Å². The third-order valence-corrected chi connectivity index (χ3v) is 5.87. The van der Waals surface area contributed by atoms with E-state index < -0.39 is 0 Å². The molecule has 0 aromatic carbocycles. The van der Waals surface area contributed by atoms with E-state index in [-0.39, 0.29) is 12.1 Å². The molecule has 0 radical (unpaired) electrons. The van der Waals surface area contributed by atoms with Crippen molar-refractivity contribution in [3.63, 3.8) is 0 Å². The lowest BCUT2D eigenvalue weighted by molar-refractivity contribution is -0.151. The zero-order valence-electron chi connectivity index (χ0n) is 16.0. The molecule has 0 bridgehead atoms. The predicted molar refractivity (Wildman–Crippen MR) is 101 cm³/mol. The fourth-order valence-corrected chi connectivity index (χ4v) is 4.32.